The molecule has 2 heterocycles. The van der Waals surface area contributed by atoms with Crippen LogP contribution in [0.25, 0.3) is 11.3 Å². The number of carbonyl (C=O) groups excluding carboxylic acids is 1. The number of fused-ring (bicyclic) bond motifs is 1. The highest BCUT2D eigenvalue weighted by Crippen LogP contribution is 2.44. The topological polar surface area (TPSA) is 69.2 Å². The van der Waals surface area contributed by atoms with Gasteiger partial charge in [-0.1, -0.05) is 87.5 Å². The van der Waals surface area contributed by atoms with E-state index in [9.17, 15) is 9.90 Å². The lowest BCUT2D eigenvalue weighted by Gasteiger charge is -2.27. The maximum absolute atomic E-state index is 13.5. The molecule has 0 saturated heterocycles. The molecule has 5 rings (SSSR count). The highest BCUT2D eigenvalue weighted by atomic mass is 16.3. The maximum Gasteiger partial charge on any atom is 0.273 e. The van der Waals surface area contributed by atoms with Gasteiger partial charge in [0.15, 0.2) is 0 Å². The molecule has 1 aromatic heterocycles. The van der Waals surface area contributed by atoms with Crippen LogP contribution in [0.1, 0.15) is 59.6 Å². The molecule has 172 valence electrons. The fourth-order valence-electron chi connectivity index (χ4n) is 4.71. The molecule has 3 aromatic carbocycles. The Labute approximate surface area is 200 Å². The van der Waals surface area contributed by atoms with Gasteiger partial charge in [0, 0.05) is 17.7 Å². The zero-order chi connectivity index (χ0) is 23.9. The zero-order valence-corrected chi connectivity index (χ0v) is 19.7. The van der Waals surface area contributed by atoms with E-state index in [0.717, 1.165) is 17.5 Å². The first-order valence-corrected chi connectivity index (χ1v) is 11.7. The van der Waals surface area contributed by atoms with Crippen LogP contribution in [0.15, 0.2) is 78.9 Å². The standard InChI is InChI=1S/C29H29N3O2/c1-29(2,3)21-15-13-20(14-16-21)27-24-25(22-11-7-8-12-23(22)33)30-31-26(24)28(34)32(27)18-17-19-9-5-4-6-10-19/h4-16,27,33H,17-18H2,1-3H3,(H,30,31). The summed E-state index contributed by atoms with van der Waals surface area (Å²) in [6, 6.07) is 25.6. The van der Waals surface area contributed by atoms with Gasteiger partial charge in [0.1, 0.15) is 17.1 Å². The van der Waals surface area contributed by atoms with Crippen molar-refractivity contribution >= 4 is 5.91 Å². The number of para-hydroxylation sites is 1. The highest BCUT2D eigenvalue weighted by Gasteiger charge is 2.42. The summed E-state index contributed by atoms with van der Waals surface area (Å²) in [7, 11) is 0. The second kappa shape index (κ2) is 8.49. The Kier molecular flexibility index (Phi) is 5.48. The van der Waals surface area contributed by atoms with Gasteiger partial charge in [0.25, 0.3) is 5.91 Å². The predicted molar refractivity (Wildman–Crippen MR) is 134 cm³/mol. The average molecular weight is 452 g/mol. The summed E-state index contributed by atoms with van der Waals surface area (Å²) < 4.78 is 0. The Hall–Kier alpha value is -3.86. The molecule has 0 radical (unpaired) electrons. The van der Waals surface area contributed by atoms with Crippen molar-refractivity contribution in [2.75, 3.05) is 6.54 Å². The lowest BCUT2D eigenvalue weighted by Crippen LogP contribution is -2.31. The number of carbonyl (C=O) groups is 1. The number of benzene rings is 3. The van der Waals surface area contributed by atoms with Crippen LogP contribution in [0, 0.1) is 0 Å². The third kappa shape index (κ3) is 3.87. The second-order valence-corrected chi connectivity index (χ2v) is 9.89. The van der Waals surface area contributed by atoms with Gasteiger partial charge in [-0.15, -0.1) is 0 Å². The van der Waals surface area contributed by atoms with Crippen LogP contribution in [0.2, 0.25) is 0 Å². The number of hydrogen-bond donors (Lipinski definition) is 2. The average Bonchev–Trinajstić information content (AvgIpc) is 3.37. The number of H-pyrrole nitrogens is 1. The van der Waals surface area contributed by atoms with Gasteiger partial charge in [-0.25, -0.2) is 0 Å². The van der Waals surface area contributed by atoms with Crippen LogP contribution in [0.3, 0.4) is 0 Å². The van der Waals surface area contributed by atoms with Crippen molar-refractivity contribution < 1.29 is 9.90 Å². The first-order valence-electron chi connectivity index (χ1n) is 11.7. The van der Waals surface area contributed by atoms with Crippen molar-refractivity contribution in [1.29, 1.82) is 0 Å². The van der Waals surface area contributed by atoms with Gasteiger partial charge in [0.2, 0.25) is 0 Å². The van der Waals surface area contributed by atoms with E-state index < -0.39 is 0 Å². The van der Waals surface area contributed by atoms with E-state index in [-0.39, 0.29) is 23.1 Å². The molecule has 1 aliphatic heterocycles. The smallest absolute Gasteiger partial charge is 0.273 e. The minimum absolute atomic E-state index is 0.0405. The van der Waals surface area contributed by atoms with Crippen LogP contribution in [0.4, 0.5) is 0 Å². The quantitative estimate of drug-likeness (QED) is 0.399. The fraction of sp³-hybridized carbons (Fsp3) is 0.241. The highest BCUT2D eigenvalue weighted by molar-refractivity contribution is 6.00. The molecule has 0 aliphatic carbocycles. The number of phenols is 1. The molecule has 0 fully saturated rings. The van der Waals surface area contributed by atoms with Crippen molar-refractivity contribution in [3.63, 3.8) is 0 Å². The van der Waals surface area contributed by atoms with E-state index in [0.29, 0.717) is 23.5 Å². The van der Waals surface area contributed by atoms with Gasteiger partial charge < -0.3 is 10.0 Å². The second-order valence-electron chi connectivity index (χ2n) is 9.89. The number of phenolic OH excluding ortho intramolecular Hbond substituents is 1. The Morgan fingerprint density at radius 2 is 1.62 bits per heavy atom. The molecule has 5 heteroatoms. The summed E-state index contributed by atoms with van der Waals surface area (Å²) >= 11 is 0. The normalized spacial score (nSPS) is 15.6. The molecule has 1 unspecified atom stereocenters. The van der Waals surface area contributed by atoms with E-state index >= 15 is 0 Å². The van der Waals surface area contributed by atoms with Crippen LogP contribution in [-0.2, 0) is 11.8 Å². The number of nitrogens with one attached hydrogen (secondary N) is 1. The van der Waals surface area contributed by atoms with Crippen LogP contribution < -0.4 is 0 Å². The SMILES string of the molecule is CC(C)(C)c1ccc(C2c3c(-c4ccccc4O)n[nH]c3C(=O)N2CCc2ccccc2)cc1. The van der Waals surface area contributed by atoms with Gasteiger partial charge in [0.05, 0.1) is 6.04 Å². The predicted octanol–water partition coefficient (Wildman–Crippen LogP) is 5.87. The van der Waals surface area contributed by atoms with Crippen molar-refractivity contribution in [2.24, 2.45) is 0 Å². The zero-order valence-electron chi connectivity index (χ0n) is 19.7. The first-order chi connectivity index (χ1) is 16.3. The van der Waals surface area contributed by atoms with Crippen LogP contribution >= 0.6 is 0 Å². The molecule has 1 aliphatic rings. The molecular formula is C29H29N3O2. The molecule has 0 saturated carbocycles. The number of hydrogen-bond acceptors (Lipinski definition) is 3. The lowest BCUT2D eigenvalue weighted by atomic mass is 9.85. The molecule has 2 N–H and O–H groups in total. The molecule has 5 nitrogen and oxygen atoms in total. The number of nitrogens with zero attached hydrogens (tertiary/aromatic N) is 2. The summed E-state index contributed by atoms with van der Waals surface area (Å²) in [4.78, 5) is 15.5. The number of amides is 1. The third-order valence-corrected chi connectivity index (χ3v) is 6.60. The van der Waals surface area contributed by atoms with Crippen LogP contribution in [-0.4, -0.2) is 32.7 Å². The molecule has 4 aromatic rings. The molecule has 0 bridgehead atoms. The van der Waals surface area contributed by atoms with Gasteiger partial charge in [-0.2, -0.15) is 5.10 Å². The third-order valence-electron chi connectivity index (χ3n) is 6.60. The van der Waals surface area contributed by atoms with E-state index in [1.165, 1.54) is 11.1 Å². The lowest BCUT2D eigenvalue weighted by molar-refractivity contribution is 0.0746. The number of rotatable bonds is 5. The Balaban J connectivity index is 1.59. The summed E-state index contributed by atoms with van der Waals surface area (Å²) in [6.45, 7) is 7.16. The summed E-state index contributed by atoms with van der Waals surface area (Å²) in [5.74, 6) is 0.0822. The summed E-state index contributed by atoms with van der Waals surface area (Å²) in [6.07, 6.45) is 0.757. The Morgan fingerprint density at radius 3 is 2.29 bits per heavy atom. The van der Waals surface area contributed by atoms with Crippen LogP contribution in [0.5, 0.6) is 5.75 Å². The molecular weight excluding hydrogens is 422 g/mol. The van der Waals surface area contributed by atoms with Gasteiger partial charge in [-0.05, 0) is 40.7 Å². The van der Waals surface area contributed by atoms with Crippen molar-refractivity contribution in [2.45, 2.75) is 38.6 Å². The van der Waals surface area contributed by atoms with E-state index in [2.05, 4.69) is 67.4 Å². The largest absolute Gasteiger partial charge is 0.507 e. The Morgan fingerprint density at radius 1 is 0.941 bits per heavy atom. The molecule has 1 amide bonds. The van der Waals surface area contributed by atoms with Crippen molar-refractivity contribution in [3.05, 3.63) is 107 Å². The fourth-order valence-corrected chi connectivity index (χ4v) is 4.71. The first kappa shape index (κ1) is 22.0. The molecule has 1 atom stereocenters. The van der Waals surface area contributed by atoms with Gasteiger partial charge in [-0.3, -0.25) is 9.89 Å². The van der Waals surface area contributed by atoms with E-state index in [1.54, 1.807) is 12.1 Å². The summed E-state index contributed by atoms with van der Waals surface area (Å²) in [5, 5.41) is 18.0. The number of aromatic hydroxyl groups is 1. The van der Waals surface area contributed by atoms with Gasteiger partial charge >= 0.3 is 0 Å². The van der Waals surface area contributed by atoms with Crippen molar-refractivity contribution in [1.82, 2.24) is 15.1 Å². The number of aromatic nitrogens is 2. The van der Waals surface area contributed by atoms with E-state index in [4.69, 9.17) is 0 Å². The molecule has 34 heavy (non-hydrogen) atoms. The molecule has 0 spiro atoms. The Bertz CT molecular complexity index is 1320. The summed E-state index contributed by atoms with van der Waals surface area (Å²) in [5.41, 5.74) is 6.06. The maximum atomic E-state index is 13.5. The van der Waals surface area contributed by atoms with E-state index in [1.807, 2.05) is 35.2 Å². The monoisotopic (exact) mass is 451 g/mol. The minimum Gasteiger partial charge on any atom is -0.507 e. The number of aromatic amines is 1. The minimum atomic E-state index is -0.284. The van der Waals surface area contributed by atoms with Crippen molar-refractivity contribution in [3.8, 4) is 17.0 Å².